The minimum absolute atomic E-state index is 0.206. The van der Waals surface area contributed by atoms with Crippen molar-refractivity contribution in [3.63, 3.8) is 0 Å². The molecule has 0 bridgehead atoms. The van der Waals surface area contributed by atoms with Crippen LogP contribution in [0.4, 0.5) is 0 Å². The highest BCUT2D eigenvalue weighted by molar-refractivity contribution is 7.98. The maximum absolute atomic E-state index is 12.8. The van der Waals surface area contributed by atoms with Crippen molar-refractivity contribution in [1.82, 2.24) is 4.57 Å². The van der Waals surface area contributed by atoms with Gasteiger partial charge in [-0.15, -0.1) is 11.8 Å². The number of ether oxygens (including phenoxy) is 1. The molecule has 0 aliphatic heterocycles. The van der Waals surface area contributed by atoms with Gasteiger partial charge in [-0.3, -0.25) is 4.79 Å². The van der Waals surface area contributed by atoms with Gasteiger partial charge in [0.15, 0.2) is 4.80 Å². The Morgan fingerprint density at radius 2 is 1.92 bits per heavy atom. The largest absolute Gasteiger partial charge is 0.383 e. The van der Waals surface area contributed by atoms with Gasteiger partial charge >= 0.3 is 0 Å². The molecule has 0 N–H and O–H groups in total. The second-order valence-corrected chi connectivity index (χ2v) is 7.85. The molecule has 0 aliphatic carbocycles. The summed E-state index contributed by atoms with van der Waals surface area (Å²) in [6.07, 6.45) is 1.97. The zero-order valence-electron chi connectivity index (χ0n) is 15.4. The fraction of sp³-hybridized carbons (Fsp3) is 0.300. The Kier molecular flexibility index (Phi) is 5.96. The molecule has 0 radical (unpaired) electrons. The molecule has 0 aliphatic rings. The molecule has 0 saturated heterocycles. The molecule has 1 amide bonds. The van der Waals surface area contributed by atoms with Crippen molar-refractivity contribution >= 4 is 39.2 Å². The normalized spacial score (nSPS) is 12.1. The lowest BCUT2D eigenvalue weighted by molar-refractivity contribution is 0.0994. The molecule has 0 atom stereocenters. The van der Waals surface area contributed by atoms with Crippen LogP contribution in [0.5, 0.6) is 0 Å². The Morgan fingerprint density at radius 3 is 2.65 bits per heavy atom. The van der Waals surface area contributed by atoms with Gasteiger partial charge in [0.2, 0.25) is 0 Å². The number of thiazole rings is 1. The molecule has 136 valence electrons. The Morgan fingerprint density at radius 1 is 1.19 bits per heavy atom. The zero-order chi connectivity index (χ0) is 18.7. The molecular formula is C20H22N2O2S2. The molecule has 6 heteroatoms. The van der Waals surface area contributed by atoms with Gasteiger partial charge in [0, 0.05) is 18.6 Å². The summed E-state index contributed by atoms with van der Waals surface area (Å²) in [6, 6.07) is 11.8. The van der Waals surface area contributed by atoms with E-state index in [1.54, 1.807) is 30.2 Å². The van der Waals surface area contributed by atoms with Gasteiger partial charge in [-0.25, -0.2) is 0 Å². The quantitative estimate of drug-likeness (QED) is 0.609. The number of amides is 1. The van der Waals surface area contributed by atoms with Gasteiger partial charge < -0.3 is 9.30 Å². The van der Waals surface area contributed by atoms with E-state index in [-0.39, 0.29) is 5.91 Å². The van der Waals surface area contributed by atoms with E-state index in [0.717, 1.165) is 15.2 Å². The van der Waals surface area contributed by atoms with Crippen LogP contribution in [0.15, 0.2) is 46.3 Å². The molecule has 3 aromatic rings. The van der Waals surface area contributed by atoms with Crippen LogP contribution in [0.25, 0.3) is 10.2 Å². The van der Waals surface area contributed by atoms with Gasteiger partial charge in [0.25, 0.3) is 5.91 Å². The maximum atomic E-state index is 12.8. The molecule has 0 unspecified atom stereocenters. The average Bonchev–Trinajstić information content (AvgIpc) is 3.02. The van der Waals surface area contributed by atoms with E-state index in [1.165, 1.54) is 15.8 Å². The van der Waals surface area contributed by atoms with Crippen molar-refractivity contribution < 1.29 is 9.53 Å². The third-order valence-electron chi connectivity index (χ3n) is 4.28. The standard InChI is InChI=1S/C20H22N2O2S2/c1-13-9-10-14(2)18-17(13)22(11-12-24-3)20(26-18)21-19(23)15-7-5-6-8-16(15)25-4/h5-10H,11-12H2,1-4H3. The molecule has 3 rings (SSSR count). The summed E-state index contributed by atoms with van der Waals surface area (Å²) in [4.78, 5) is 19.0. The third-order valence-corrected chi connectivity index (χ3v) is 6.29. The summed E-state index contributed by atoms with van der Waals surface area (Å²) in [5.74, 6) is -0.206. The monoisotopic (exact) mass is 386 g/mol. The molecule has 0 saturated carbocycles. The minimum atomic E-state index is -0.206. The first-order valence-corrected chi connectivity index (χ1v) is 10.4. The van der Waals surface area contributed by atoms with Gasteiger partial charge in [0.05, 0.1) is 22.4 Å². The van der Waals surface area contributed by atoms with E-state index in [2.05, 4.69) is 35.5 Å². The van der Waals surface area contributed by atoms with Crippen LogP contribution in [0.1, 0.15) is 21.5 Å². The Bertz CT molecular complexity index is 1020. The molecule has 4 nitrogen and oxygen atoms in total. The molecule has 1 heterocycles. The Labute approximate surface area is 161 Å². The number of aromatic nitrogens is 1. The smallest absolute Gasteiger partial charge is 0.280 e. The lowest BCUT2D eigenvalue weighted by atomic mass is 10.1. The van der Waals surface area contributed by atoms with Crippen LogP contribution in [0.3, 0.4) is 0 Å². The summed E-state index contributed by atoms with van der Waals surface area (Å²) in [7, 11) is 1.68. The fourth-order valence-corrected chi connectivity index (χ4v) is 4.71. The number of methoxy groups -OCH3 is 1. The first-order valence-electron chi connectivity index (χ1n) is 8.37. The molecule has 0 spiro atoms. The number of fused-ring (bicyclic) bond motifs is 1. The van der Waals surface area contributed by atoms with Crippen LogP contribution in [-0.4, -0.2) is 30.4 Å². The summed E-state index contributed by atoms with van der Waals surface area (Å²) >= 11 is 3.12. The second-order valence-electron chi connectivity index (χ2n) is 6.02. The number of aryl methyl sites for hydroxylation is 2. The van der Waals surface area contributed by atoms with Crippen molar-refractivity contribution in [2.45, 2.75) is 25.3 Å². The summed E-state index contributed by atoms with van der Waals surface area (Å²) in [6.45, 7) is 5.42. The van der Waals surface area contributed by atoms with Gasteiger partial charge in [-0.05, 0) is 43.4 Å². The molecule has 1 aromatic heterocycles. The Balaban J connectivity index is 2.20. The number of carbonyl (C=O) groups is 1. The Hall–Kier alpha value is -1.89. The summed E-state index contributed by atoms with van der Waals surface area (Å²) < 4.78 is 8.54. The lowest BCUT2D eigenvalue weighted by Gasteiger charge is -2.07. The van der Waals surface area contributed by atoms with Crippen LogP contribution < -0.4 is 4.80 Å². The van der Waals surface area contributed by atoms with Crippen LogP contribution in [0.2, 0.25) is 0 Å². The van der Waals surface area contributed by atoms with E-state index in [9.17, 15) is 4.79 Å². The van der Waals surface area contributed by atoms with Crippen LogP contribution >= 0.6 is 23.1 Å². The fourth-order valence-electron chi connectivity index (χ4n) is 2.92. The molecule has 26 heavy (non-hydrogen) atoms. The van der Waals surface area contributed by atoms with Crippen LogP contribution in [0, 0.1) is 13.8 Å². The van der Waals surface area contributed by atoms with E-state index in [1.807, 2.05) is 30.5 Å². The first kappa shape index (κ1) is 18.9. The number of rotatable bonds is 5. The zero-order valence-corrected chi connectivity index (χ0v) is 17.0. The van der Waals surface area contributed by atoms with Gasteiger partial charge in [-0.2, -0.15) is 4.99 Å². The van der Waals surface area contributed by atoms with E-state index in [4.69, 9.17) is 4.74 Å². The number of hydrogen-bond donors (Lipinski definition) is 0. The number of carbonyl (C=O) groups excluding carboxylic acids is 1. The van der Waals surface area contributed by atoms with Crippen molar-refractivity contribution in [2.75, 3.05) is 20.0 Å². The average molecular weight is 387 g/mol. The van der Waals surface area contributed by atoms with Crippen molar-refractivity contribution in [3.8, 4) is 0 Å². The highest BCUT2D eigenvalue weighted by atomic mass is 32.2. The number of hydrogen-bond acceptors (Lipinski definition) is 4. The molecule has 0 fully saturated rings. The number of benzene rings is 2. The molecular weight excluding hydrogens is 364 g/mol. The summed E-state index contributed by atoms with van der Waals surface area (Å²) in [5, 5.41) is 0. The highest BCUT2D eigenvalue weighted by Gasteiger charge is 2.14. The molecule has 2 aromatic carbocycles. The topological polar surface area (TPSA) is 43.6 Å². The van der Waals surface area contributed by atoms with E-state index >= 15 is 0 Å². The van der Waals surface area contributed by atoms with Gasteiger partial charge in [-0.1, -0.05) is 35.6 Å². The predicted molar refractivity (Wildman–Crippen MR) is 109 cm³/mol. The summed E-state index contributed by atoms with van der Waals surface area (Å²) in [5.41, 5.74) is 4.15. The third kappa shape index (κ3) is 3.63. The number of nitrogens with zero attached hydrogens (tertiary/aromatic N) is 2. The first-order chi connectivity index (χ1) is 12.6. The maximum Gasteiger partial charge on any atom is 0.280 e. The lowest BCUT2D eigenvalue weighted by Crippen LogP contribution is -2.20. The van der Waals surface area contributed by atoms with Crippen molar-refractivity contribution in [3.05, 3.63) is 57.9 Å². The van der Waals surface area contributed by atoms with Crippen molar-refractivity contribution in [2.24, 2.45) is 4.99 Å². The predicted octanol–water partition coefficient (Wildman–Crippen LogP) is 4.43. The SMILES string of the molecule is COCCn1c(=NC(=O)c2ccccc2SC)sc2c(C)ccc(C)c21. The van der Waals surface area contributed by atoms with Crippen molar-refractivity contribution in [1.29, 1.82) is 0 Å². The number of thioether (sulfide) groups is 1. The van der Waals surface area contributed by atoms with Gasteiger partial charge in [0.1, 0.15) is 0 Å². The minimum Gasteiger partial charge on any atom is -0.383 e. The highest BCUT2D eigenvalue weighted by Crippen LogP contribution is 2.25. The second kappa shape index (κ2) is 8.20. The van der Waals surface area contributed by atoms with E-state index < -0.39 is 0 Å². The van der Waals surface area contributed by atoms with E-state index in [0.29, 0.717) is 18.7 Å². The van der Waals surface area contributed by atoms with Crippen LogP contribution in [-0.2, 0) is 11.3 Å².